The summed E-state index contributed by atoms with van der Waals surface area (Å²) in [6.45, 7) is 2.24. The number of rotatable bonds is 1. The summed E-state index contributed by atoms with van der Waals surface area (Å²) in [5, 5.41) is 0. The van der Waals surface area contributed by atoms with Crippen LogP contribution in [-0.2, 0) is 24.7 Å². The summed E-state index contributed by atoms with van der Waals surface area (Å²) in [7, 11) is 0. The van der Waals surface area contributed by atoms with Gasteiger partial charge in [-0.1, -0.05) is 0 Å². The van der Waals surface area contributed by atoms with Crippen molar-refractivity contribution in [2.75, 3.05) is 0 Å². The van der Waals surface area contributed by atoms with Gasteiger partial charge in [-0.05, 0) is 0 Å². The molecule has 0 saturated heterocycles. The molecule has 0 saturated carbocycles. The third-order valence-corrected chi connectivity index (χ3v) is 3.51. The van der Waals surface area contributed by atoms with Crippen LogP contribution >= 0.6 is 0 Å². The molecule has 0 fully saturated rings. The Morgan fingerprint density at radius 1 is 1.33 bits per heavy atom. The Morgan fingerprint density at radius 2 is 2.08 bits per heavy atom. The molecule has 0 spiro atoms. The second-order valence-electron chi connectivity index (χ2n) is 3.27. The average Bonchev–Trinajstić information content (AvgIpc) is 2.40. The second-order valence-corrected chi connectivity index (χ2v) is 4.28. The first-order valence-electron chi connectivity index (χ1n) is 4.24. The van der Waals surface area contributed by atoms with Crippen molar-refractivity contribution in [3.8, 4) is 0 Å². The van der Waals surface area contributed by atoms with Gasteiger partial charge >= 0.3 is 88.7 Å². The third-order valence-electron chi connectivity index (χ3n) is 2.51. The Balaban J connectivity index is 2.50. The molecular weight excluding hydrogens is 223 g/mol. The predicted octanol–water partition coefficient (Wildman–Crippen LogP) is 3.15. The maximum absolute atomic E-state index is 2.32. The Bertz CT molecular complexity index is 326. The van der Waals surface area contributed by atoms with E-state index in [9.17, 15) is 0 Å². The van der Waals surface area contributed by atoms with Gasteiger partial charge in [-0.15, -0.1) is 0 Å². The van der Waals surface area contributed by atoms with Gasteiger partial charge in [0.2, 0.25) is 0 Å². The normalized spacial score (nSPS) is 20.3. The fourth-order valence-electron chi connectivity index (χ4n) is 1.82. The number of fused-ring (bicyclic) bond motifs is 1. The van der Waals surface area contributed by atoms with Crippen molar-refractivity contribution in [1.82, 2.24) is 0 Å². The summed E-state index contributed by atoms with van der Waals surface area (Å²) in [6.07, 6.45) is 2.32. The molecule has 59 valence electrons. The predicted molar refractivity (Wildman–Crippen MR) is 47.6 cm³/mol. The number of hydrogen-bond donors (Lipinski definition) is 0. The minimum atomic E-state index is 0.722. The van der Waals surface area contributed by atoms with Gasteiger partial charge in [-0.2, -0.15) is 0 Å². The van der Waals surface area contributed by atoms with Crippen molar-refractivity contribution in [2.45, 2.75) is 17.0 Å². The zero-order chi connectivity index (χ0) is 8.55. The first-order chi connectivity index (χ1) is 5.83. The van der Waals surface area contributed by atoms with Crippen LogP contribution in [0.25, 0.3) is 6.08 Å². The summed E-state index contributed by atoms with van der Waals surface area (Å²) < 4.78 is 1.31. The van der Waals surface area contributed by atoms with E-state index in [1.165, 1.54) is 20.8 Å². The molecular formula is C11H11Zr. The molecule has 1 aromatic rings. The number of hydrogen-bond acceptors (Lipinski definition) is 0. The molecule has 0 amide bonds. The second kappa shape index (κ2) is 3.30. The quantitative estimate of drug-likeness (QED) is 0.700. The van der Waals surface area contributed by atoms with Crippen molar-refractivity contribution in [3.05, 3.63) is 41.0 Å². The van der Waals surface area contributed by atoms with Gasteiger partial charge < -0.3 is 0 Å². The van der Waals surface area contributed by atoms with Crippen LogP contribution < -0.4 is 0 Å². The molecule has 1 heteroatoms. The molecule has 0 aromatic heterocycles. The van der Waals surface area contributed by atoms with E-state index in [-0.39, 0.29) is 0 Å². The molecule has 1 unspecified atom stereocenters. The minimum absolute atomic E-state index is 0.722. The standard InChI is InChI=1S/C11H11.Zr/c1-8-7-10-5-3-4-6-11(10)9(8)2;/h3-7,9H,2H2,1H3;. The van der Waals surface area contributed by atoms with Crippen molar-refractivity contribution >= 4 is 6.08 Å². The Hall–Kier alpha value is -0.157. The summed E-state index contributed by atoms with van der Waals surface area (Å²) in [4.78, 5) is 0. The van der Waals surface area contributed by atoms with Gasteiger partial charge in [-0.25, -0.2) is 0 Å². The molecule has 12 heavy (non-hydrogen) atoms. The first kappa shape index (κ1) is 8.44. The van der Waals surface area contributed by atoms with E-state index in [0.29, 0.717) is 0 Å². The van der Waals surface area contributed by atoms with Crippen LogP contribution in [0.1, 0.15) is 24.0 Å². The molecule has 0 bridgehead atoms. The summed E-state index contributed by atoms with van der Waals surface area (Å²) >= 11 is 1.63. The molecule has 0 heterocycles. The number of benzene rings is 1. The van der Waals surface area contributed by atoms with E-state index in [0.717, 1.165) is 5.92 Å². The van der Waals surface area contributed by atoms with Gasteiger partial charge in [-0.3, -0.25) is 0 Å². The molecule has 0 radical (unpaired) electrons. The Labute approximate surface area is 88.5 Å². The van der Waals surface area contributed by atoms with Crippen LogP contribution in [0.3, 0.4) is 0 Å². The van der Waals surface area contributed by atoms with Gasteiger partial charge in [0.15, 0.2) is 0 Å². The topological polar surface area (TPSA) is 0 Å². The number of allylic oxidation sites excluding steroid dienone is 1. The molecule has 1 aliphatic rings. The average molecular weight is 234 g/mol. The molecule has 0 nitrogen and oxygen atoms in total. The van der Waals surface area contributed by atoms with Gasteiger partial charge in [0.1, 0.15) is 0 Å². The van der Waals surface area contributed by atoms with E-state index in [4.69, 9.17) is 0 Å². The summed E-state index contributed by atoms with van der Waals surface area (Å²) in [5.41, 5.74) is 4.50. The van der Waals surface area contributed by atoms with Crippen molar-refractivity contribution in [1.29, 1.82) is 0 Å². The van der Waals surface area contributed by atoms with E-state index < -0.39 is 0 Å². The maximum atomic E-state index is 2.32. The van der Waals surface area contributed by atoms with E-state index in [1.54, 1.807) is 24.7 Å². The van der Waals surface area contributed by atoms with Crippen molar-refractivity contribution < 1.29 is 24.7 Å². The first-order valence-corrected chi connectivity index (χ1v) is 5.98. The summed E-state index contributed by atoms with van der Waals surface area (Å²) in [5.74, 6) is 0.722. The molecule has 0 aliphatic heterocycles. The Kier molecular flexibility index (Phi) is 2.32. The Morgan fingerprint density at radius 3 is 2.83 bits per heavy atom. The van der Waals surface area contributed by atoms with Gasteiger partial charge in [0.25, 0.3) is 0 Å². The van der Waals surface area contributed by atoms with E-state index in [2.05, 4.69) is 37.3 Å². The van der Waals surface area contributed by atoms with Crippen LogP contribution in [0.5, 0.6) is 0 Å². The van der Waals surface area contributed by atoms with Gasteiger partial charge in [0, 0.05) is 0 Å². The molecule has 0 N–H and O–H groups in total. The third kappa shape index (κ3) is 1.25. The van der Waals surface area contributed by atoms with Crippen molar-refractivity contribution in [2.24, 2.45) is 0 Å². The fraction of sp³-hybridized carbons (Fsp3) is 0.273. The summed E-state index contributed by atoms with van der Waals surface area (Å²) in [6, 6.07) is 8.74. The molecule has 1 aromatic carbocycles. The molecule has 1 atom stereocenters. The monoisotopic (exact) mass is 233 g/mol. The van der Waals surface area contributed by atoms with E-state index in [1.807, 2.05) is 0 Å². The van der Waals surface area contributed by atoms with Gasteiger partial charge in [0.05, 0.1) is 0 Å². The van der Waals surface area contributed by atoms with Crippen LogP contribution in [0.15, 0.2) is 29.8 Å². The van der Waals surface area contributed by atoms with Crippen LogP contribution in [0, 0.1) is 0 Å². The molecule has 1 aliphatic carbocycles. The zero-order valence-electron chi connectivity index (χ0n) is 7.17. The fourth-order valence-corrected chi connectivity index (χ4v) is 3.15. The van der Waals surface area contributed by atoms with Crippen LogP contribution in [0.2, 0.25) is 4.13 Å². The van der Waals surface area contributed by atoms with E-state index >= 15 is 0 Å². The zero-order valence-corrected chi connectivity index (χ0v) is 9.63. The van der Waals surface area contributed by atoms with Crippen molar-refractivity contribution in [3.63, 3.8) is 0 Å². The van der Waals surface area contributed by atoms with Crippen LogP contribution in [-0.4, -0.2) is 0 Å². The molecule has 2 rings (SSSR count). The SMILES string of the molecule is CC1=Cc2ccccc2C1[CH2][Zr]. The van der Waals surface area contributed by atoms with Crippen LogP contribution in [0.4, 0.5) is 0 Å².